The number of hydrogen-bond donors (Lipinski definition) is 2. The molecule has 0 aliphatic rings. The van der Waals surface area contributed by atoms with Gasteiger partial charge in [-0.25, -0.2) is 9.78 Å². The van der Waals surface area contributed by atoms with Crippen molar-refractivity contribution in [3.8, 4) is 0 Å². The fourth-order valence-electron chi connectivity index (χ4n) is 3.40. The summed E-state index contributed by atoms with van der Waals surface area (Å²) in [6, 6.07) is 3.45. The van der Waals surface area contributed by atoms with Crippen molar-refractivity contribution in [1.29, 1.82) is 0 Å². The minimum atomic E-state index is -0.541. The summed E-state index contributed by atoms with van der Waals surface area (Å²) in [5.74, 6) is -0.215. The fourth-order valence-corrected chi connectivity index (χ4v) is 3.40. The summed E-state index contributed by atoms with van der Waals surface area (Å²) in [4.78, 5) is 30.2. The standard InChI is InChI=1S/C24H30N4O4/c1-15(2)7-6-9-25-18-11-19-20(27-23(29)17-8-10-32-14-17)21(24(30)31-5)28(13-16(3)4)22(19)26-12-18/h6-8,10-12,14-16,25H,9,13H2,1-5H3,(H,27,29). The zero-order valence-corrected chi connectivity index (χ0v) is 19.1. The fraction of sp³-hybridized carbons (Fsp3) is 0.375. The molecule has 0 spiro atoms. The molecule has 0 saturated carbocycles. The van der Waals surface area contributed by atoms with E-state index in [-0.39, 0.29) is 17.5 Å². The van der Waals surface area contributed by atoms with Crippen LogP contribution in [0.5, 0.6) is 0 Å². The second-order valence-electron chi connectivity index (χ2n) is 8.33. The number of esters is 1. The lowest BCUT2D eigenvalue weighted by atomic mass is 10.2. The average molecular weight is 439 g/mol. The second kappa shape index (κ2) is 10.2. The van der Waals surface area contributed by atoms with Crippen LogP contribution in [0.2, 0.25) is 0 Å². The van der Waals surface area contributed by atoms with Gasteiger partial charge in [0.1, 0.15) is 11.9 Å². The SMILES string of the molecule is COC(=O)c1c(NC(=O)c2ccoc2)c2cc(NCC=CC(C)C)cnc2n1CC(C)C. The number of carbonyl (C=O) groups excluding carboxylic acids is 2. The van der Waals surface area contributed by atoms with E-state index in [0.29, 0.717) is 41.3 Å². The third kappa shape index (κ3) is 5.19. The highest BCUT2D eigenvalue weighted by atomic mass is 16.5. The molecule has 0 aliphatic carbocycles. The maximum atomic E-state index is 12.8. The van der Waals surface area contributed by atoms with Gasteiger partial charge in [0, 0.05) is 18.5 Å². The quantitative estimate of drug-likeness (QED) is 0.362. The molecule has 2 N–H and O–H groups in total. The van der Waals surface area contributed by atoms with Gasteiger partial charge in [-0.05, 0) is 24.0 Å². The van der Waals surface area contributed by atoms with Crippen molar-refractivity contribution in [3.63, 3.8) is 0 Å². The highest BCUT2D eigenvalue weighted by Crippen LogP contribution is 2.33. The number of pyridine rings is 1. The Labute approximate surface area is 187 Å². The van der Waals surface area contributed by atoms with E-state index < -0.39 is 5.97 Å². The number of amides is 1. The summed E-state index contributed by atoms with van der Waals surface area (Å²) in [5.41, 5.74) is 2.37. The van der Waals surface area contributed by atoms with Crippen LogP contribution in [-0.2, 0) is 11.3 Å². The lowest BCUT2D eigenvalue weighted by Crippen LogP contribution is -2.18. The summed E-state index contributed by atoms with van der Waals surface area (Å²) < 4.78 is 11.9. The lowest BCUT2D eigenvalue weighted by Gasteiger charge is -2.12. The molecule has 0 bridgehead atoms. The van der Waals surface area contributed by atoms with Gasteiger partial charge in [-0.15, -0.1) is 0 Å². The molecule has 0 aliphatic heterocycles. The molecule has 8 nitrogen and oxygen atoms in total. The Kier molecular flexibility index (Phi) is 7.35. The Bertz CT molecular complexity index is 1110. The van der Waals surface area contributed by atoms with Crippen LogP contribution < -0.4 is 10.6 Å². The first kappa shape index (κ1) is 23.1. The first-order valence-electron chi connectivity index (χ1n) is 10.7. The number of fused-ring (bicyclic) bond motifs is 1. The van der Waals surface area contributed by atoms with Crippen molar-refractivity contribution in [2.24, 2.45) is 11.8 Å². The molecule has 0 radical (unpaired) electrons. The first-order valence-corrected chi connectivity index (χ1v) is 10.7. The van der Waals surface area contributed by atoms with Crippen molar-refractivity contribution < 1.29 is 18.7 Å². The molecular weight excluding hydrogens is 408 g/mol. The molecule has 32 heavy (non-hydrogen) atoms. The molecule has 0 saturated heterocycles. The number of ether oxygens (including phenoxy) is 1. The van der Waals surface area contributed by atoms with Crippen LogP contribution in [0.3, 0.4) is 0 Å². The predicted molar refractivity (Wildman–Crippen MR) is 125 cm³/mol. The molecule has 0 aromatic carbocycles. The molecule has 3 heterocycles. The van der Waals surface area contributed by atoms with Crippen molar-refractivity contribution in [3.05, 3.63) is 54.3 Å². The monoisotopic (exact) mass is 438 g/mol. The number of allylic oxidation sites excluding steroid dienone is 1. The lowest BCUT2D eigenvalue weighted by molar-refractivity contribution is 0.0589. The van der Waals surface area contributed by atoms with Gasteiger partial charge in [0.2, 0.25) is 0 Å². The smallest absolute Gasteiger partial charge is 0.356 e. The summed E-state index contributed by atoms with van der Waals surface area (Å²) in [7, 11) is 1.32. The second-order valence-corrected chi connectivity index (χ2v) is 8.33. The third-order valence-corrected chi connectivity index (χ3v) is 4.79. The minimum Gasteiger partial charge on any atom is -0.472 e. The van der Waals surface area contributed by atoms with Gasteiger partial charge in [-0.1, -0.05) is 39.8 Å². The van der Waals surface area contributed by atoms with Gasteiger partial charge in [0.05, 0.1) is 36.5 Å². The molecule has 3 rings (SSSR count). The zero-order valence-electron chi connectivity index (χ0n) is 19.1. The maximum Gasteiger partial charge on any atom is 0.356 e. The number of furan rings is 1. The highest BCUT2D eigenvalue weighted by molar-refractivity contribution is 6.14. The van der Waals surface area contributed by atoms with Crippen molar-refractivity contribution in [2.45, 2.75) is 34.2 Å². The molecule has 0 atom stereocenters. The molecule has 3 aromatic rings. The van der Waals surface area contributed by atoms with Crippen LogP contribution in [0, 0.1) is 11.8 Å². The van der Waals surface area contributed by atoms with Crippen LogP contribution >= 0.6 is 0 Å². The molecule has 3 aromatic heterocycles. The number of nitrogens with zero attached hydrogens (tertiary/aromatic N) is 2. The van der Waals surface area contributed by atoms with Crippen LogP contribution in [0.15, 0.2) is 47.4 Å². The van der Waals surface area contributed by atoms with E-state index in [9.17, 15) is 9.59 Å². The Hall–Kier alpha value is -3.55. The topological polar surface area (TPSA) is 98.4 Å². The maximum absolute atomic E-state index is 12.8. The van der Waals surface area contributed by atoms with Crippen molar-refractivity contribution >= 4 is 34.3 Å². The minimum absolute atomic E-state index is 0.243. The number of anilines is 2. The van der Waals surface area contributed by atoms with E-state index in [1.807, 2.05) is 19.9 Å². The van der Waals surface area contributed by atoms with E-state index in [2.05, 4.69) is 41.6 Å². The van der Waals surface area contributed by atoms with Crippen molar-refractivity contribution in [2.75, 3.05) is 24.3 Å². The van der Waals surface area contributed by atoms with Gasteiger partial charge in [0.15, 0.2) is 5.69 Å². The van der Waals surface area contributed by atoms with E-state index in [4.69, 9.17) is 9.15 Å². The predicted octanol–water partition coefficient (Wildman–Crippen LogP) is 4.95. The number of rotatable bonds is 9. The summed E-state index contributed by atoms with van der Waals surface area (Å²) in [5, 5.41) is 6.84. The van der Waals surface area contributed by atoms with Crippen LogP contribution in [-0.4, -0.2) is 35.1 Å². The number of carbonyl (C=O) groups is 2. The van der Waals surface area contributed by atoms with E-state index in [0.717, 1.165) is 5.69 Å². The van der Waals surface area contributed by atoms with Crippen LogP contribution in [0.4, 0.5) is 11.4 Å². The first-order chi connectivity index (χ1) is 15.3. The number of methoxy groups -OCH3 is 1. The Morgan fingerprint density at radius 1 is 1.28 bits per heavy atom. The average Bonchev–Trinajstić information content (AvgIpc) is 3.38. The van der Waals surface area contributed by atoms with Crippen LogP contribution in [0.1, 0.15) is 48.5 Å². The summed E-state index contributed by atoms with van der Waals surface area (Å²) >= 11 is 0. The molecule has 0 fully saturated rings. The molecular formula is C24H30N4O4. The summed E-state index contributed by atoms with van der Waals surface area (Å²) in [6.45, 7) is 9.51. The highest BCUT2D eigenvalue weighted by Gasteiger charge is 2.27. The molecule has 170 valence electrons. The largest absolute Gasteiger partial charge is 0.472 e. The van der Waals surface area contributed by atoms with Gasteiger partial charge in [0.25, 0.3) is 5.91 Å². The van der Waals surface area contributed by atoms with Crippen LogP contribution in [0.25, 0.3) is 11.0 Å². The summed E-state index contributed by atoms with van der Waals surface area (Å²) in [6.07, 6.45) is 8.68. The van der Waals surface area contributed by atoms with Gasteiger partial charge < -0.3 is 24.4 Å². The normalized spacial score (nSPS) is 11.6. The molecule has 8 heteroatoms. The number of hydrogen-bond acceptors (Lipinski definition) is 6. The van der Waals surface area contributed by atoms with E-state index in [1.165, 1.54) is 19.6 Å². The van der Waals surface area contributed by atoms with Gasteiger partial charge in [-0.2, -0.15) is 0 Å². The number of nitrogens with one attached hydrogen (secondary N) is 2. The molecule has 1 amide bonds. The van der Waals surface area contributed by atoms with Gasteiger partial charge >= 0.3 is 5.97 Å². The van der Waals surface area contributed by atoms with Gasteiger partial charge in [-0.3, -0.25) is 4.79 Å². The van der Waals surface area contributed by atoms with Crippen molar-refractivity contribution in [1.82, 2.24) is 9.55 Å². The van der Waals surface area contributed by atoms with E-state index in [1.54, 1.807) is 16.8 Å². The molecule has 0 unspecified atom stereocenters. The Morgan fingerprint density at radius 2 is 2.06 bits per heavy atom. The Morgan fingerprint density at radius 3 is 2.69 bits per heavy atom. The third-order valence-electron chi connectivity index (χ3n) is 4.79. The van der Waals surface area contributed by atoms with E-state index >= 15 is 0 Å². The Balaban J connectivity index is 2.10. The number of aromatic nitrogens is 2. The zero-order chi connectivity index (χ0) is 23.3.